The Kier molecular flexibility index (Phi) is 6.60. The second-order valence-corrected chi connectivity index (χ2v) is 6.84. The van der Waals surface area contributed by atoms with Crippen molar-refractivity contribution < 1.29 is 9.59 Å². The molecule has 5 heteroatoms. The van der Waals surface area contributed by atoms with Gasteiger partial charge in [0.2, 0.25) is 5.91 Å². The number of nitrogens with zero attached hydrogens (tertiary/aromatic N) is 2. The molecule has 0 bridgehead atoms. The fourth-order valence-corrected chi connectivity index (χ4v) is 3.39. The number of carbonyl (C=O) groups excluding carboxylic acids is 2. The minimum absolute atomic E-state index is 0.00103. The van der Waals surface area contributed by atoms with Crippen molar-refractivity contribution in [2.45, 2.75) is 19.4 Å². The van der Waals surface area contributed by atoms with Crippen LogP contribution in [0, 0.1) is 0 Å². The van der Waals surface area contributed by atoms with Crippen LogP contribution in [-0.4, -0.2) is 60.4 Å². The molecular weight excluding hydrogens is 338 g/mol. The highest BCUT2D eigenvalue weighted by molar-refractivity contribution is 5.97. The summed E-state index contributed by atoms with van der Waals surface area (Å²) in [5.74, 6) is -0.212. The van der Waals surface area contributed by atoms with Gasteiger partial charge < -0.3 is 15.1 Å². The number of hydrogen-bond acceptors (Lipinski definition) is 3. The minimum Gasteiger partial charge on any atom is -0.340 e. The third kappa shape index (κ3) is 5.17. The van der Waals surface area contributed by atoms with Gasteiger partial charge in [0.25, 0.3) is 5.91 Å². The molecule has 142 valence electrons. The van der Waals surface area contributed by atoms with E-state index >= 15 is 0 Å². The molecule has 2 aromatic carbocycles. The van der Waals surface area contributed by atoms with Crippen LogP contribution >= 0.6 is 0 Å². The molecule has 1 saturated heterocycles. The second kappa shape index (κ2) is 9.33. The Balaban J connectivity index is 1.73. The van der Waals surface area contributed by atoms with E-state index in [1.54, 1.807) is 12.1 Å². The standard InChI is InChI=1S/C22H27N3O2/c1-2-24-13-15-25(16-14-24)22(27)20(17-18-9-5-3-6-10-18)23-21(26)19-11-7-4-8-12-19/h3-12,20H,2,13-17H2,1H3,(H,23,26)/t20-/m0/s1. The van der Waals surface area contributed by atoms with Crippen molar-refractivity contribution in [1.82, 2.24) is 15.1 Å². The SMILES string of the molecule is CCN1CCN(C(=O)[C@H](Cc2ccccc2)NC(=O)c2ccccc2)CC1. The zero-order valence-corrected chi connectivity index (χ0v) is 15.8. The summed E-state index contributed by atoms with van der Waals surface area (Å²) < 4.78 is 0. The Morgan fingerprint density at radius 2 is 1.52 bits per heavy atom. The van der Waals surface area contributed by atoms with Crippen LogP contribution in [0.4, 0.5) is 0 Å². The fraction of sp³-hybridized carbons (Fsp3) is 0.364. The predicted molar refractivity (Wildman–Crippen MR) is 107 cm³/mol. The number of benzene rings is 2. The number of nitrogens with one attached hydrogen (secondary N) is 1. The van der Waals surface area contributed by atoms with Crippen LogP contribution in [0.3, 0.4) is 0 Å². The summed E-state index contributed by atoms with van der Waals surface area (Å²) in [6, 6.07) is 18.3. The molecule has 2 aromatic rings. The summed E-state index contributed by atoms with van der Waals surface area (Å²) in [4.78, 5) is 30.0. The predicted octanol–water partition coefficient (Wildman–Crippen LogP) is 2.19. The fourth-order valence-electron chi connectivity index (χ4n) is 3.39. The monoisotopic (exact) mass is 365 g/mol. The maximum Gasteiger partial charge on any atom is 0.251 e. The van der Waals surface area contributed by atoms with Gasteiger partial charge in [-0.1, -0.05) is 55.5 Å². The number of piperazine rings is 1. The lowest BCUT2D eigenvalue weighted by molar-refractivity contribution is -0.135. The third-order valence-electron chi connectivity index (χ3n) is 5.05. The number of amides is 2. The number of rotatable bonds is 6. The van der Waals surface area contributed by atoms with Crippen LogP contribution < -0.4 is 5.32 Å². The zero-order valence-electron chi connectivity index (χ0n) is 15.8. The highest BCUT2D eigenvalue weighted by Crippen LogP contribution is 2.10. The maximum atomic E-state index is 13.2. The van der Waals surface area contributed by atoms with Gasteiger partial charge in [0, 0.05) is 38.2 Å². The molecule has 0 aliphatic carbocycles. The number of likely N-dealkylation sites (N-methyl/N-ethyl adjacent to an activating group) is 1. The first-order chi connectivity index (χ1) is 13.2. The van der Waals surface area contributed by atoms with Crippen molar-refractivity contribution in [2.75, 3.05) is 32.7 Å². The van der Waals surface area contributed by atoms with Crippen molar-refractivity contribution in [1.29, 1.82) is 0 Å². The first-order valence-electron chi connectivity index (χ1n) is 9.58. The van der Waals surface area contributed by atoms with E-state index in [-0.39, 0.29) is 11.8 Å². The van der Waals surface area contributed by atoms with E-state index in [1.807, 2.05) is 53.4 Å². The first kappa shape index (κ1) is 19.1. The first-order valence-corrected chi connectivity index (χ1v) is 9.58. The molecule has 1 aliphatic rings. The van der Waals surface area contributed by atoms with E-state index in [0.717, 1.165) is 25.2 Å². The minimum atomic E-state index is -0.562. The summed E-state index contributed by atoms with van der Waals surface area (Å²) in [7, 11) is 0. The highest BCUT2D eigenvalue weighted by atomic mass is 16.2. The molecule has 5 nitrogen and oxygen atoms in total. The average Bonchev–Trinajstić information content (AvgIpc) is 2.74. The van der Waals surface area contributed by atoms with Crippen LogP contribution in [-0.2, 0) is 11.2 Å². The van der Waals surface area contributed by atoms with E-state index in [2.05, 4.69) is 17.1 Å². The average molecular weight is 365 g/mol. The summed E-state index contributed by atoms with van der Waals surface area (Å²) >= 11 is 0. The maximum absolute atomic E-state index is 13.2. The lowest BCUT2D eigenvalue weighted by atomic mass is 10.0. The van der Waals surface area contributed by atoms with Gasteiger partial charge in [0.05, 0.1) is 0 Å². The Labute approximate surface area is 161 Å². The topological polar surface area (TPSA) is 52.6 Å². The van der Waals surface area contributed by atoms with Crippen LogP contribution in [0.25, 0.3) is 0 Å². The van der Waals surface area contributed by atoms with E-state index in [4.69, 9.17) is 0 Å². The molecule has 1 heterocycles. The second-order valence-electron chi connectivity index (χ2n) is 6.84. The molecule has 0 radical (unpaired) electrons. The summed E-state index contributed by atoms with van der Waals surface area (Å²) in [5.41, 5.74) is 1.61. The summed E-state index contributed by atoms with van der Waals surface area (Å²) in [6.07, 6.45) is 0.492. The van der Waals surface area contributed by atoms with E-state index < -0.39 is 6.04 Å². The largest absolute Gasteiger partial charge is 0.340 e. The van der Waals surface area contributed by atoms with Crippen LogP contribution in [0.2, 0.25) is 0 Å². The molecule has 27 heavy (non-hydrogen) atoms. The lowest BCUT2D eigenvalue weighted by Crippen LogP contribution is -2.55. The molecule has 2 amide bonds. The Morgan fingerprint density at radius 1 is 0.926 bits per heavy atom. The van der Waals surface area contributed by atoms with Gasteiger partial charge in [-0.25, -0.2) is 0 Å². The lowest BCUT2D eigenvalue weighted by Gasteiger charge is -2.36. The smallest absolute Gasteiger partial charge is 0.251 e. The van der Waals surface area contributed by atoms with Gasteiger partial charge in [-0.15, -0.1) is 0 Å². The summed E-state index contributed by atoms with van der Waals surface area (Å²) in [6.45, 7) is 6.31. The van der Waals surface area contributed by atoms with Crippen molar-refractivity contribution in [2.24, 2.45) is 0 Å². The Morgan fingerprint density at radius 3 is 2.11 bits per heavy atom. The molecule has 1 atom stereocenters. The van der Waals surface area contributed by atoms with Crippen molar-refractivity contribution in [3.63, 3.8) is 0 Å². The van der Waals surface area contributed by atoms with Crippen LogP contribution in [0.1, 0.15) is 22.8 Å². The van der Waals surface area contributed by atoms with Gasteiger partial charge in [-0.05, 0) is 24.2 Å². The Bertz CT molecular complexity index is 741. The molecule has 1 fully saturated rings. The van der Waals surface area contributed by atoms with Gasteiger partial charge in [0.1, 0.15) is 6.04 Å². The van der Waals surface area contributed by atoms with Crippen molar-refractivity contribution in [3.05, 3.63) is 71.8 Å². The summed E-state index contributed by atoms with van der Waals surface area (Å²) in [5, 5.41) is 2.96. The molecule has 0 saturated carbocycles. The highest BCUT2D eigenvalue weighted by Gasteiger charge is 2.28. The molecule has 0 aromatic heterocycles. The molecular formula is C22H27N3O2. The van der Waals surface area contributed by atoms with Crippen molar-refractivity contribution >= 4 is 11.8 Å². The number of carbonyl (C=O) groups is 2. The van der Waals surface area contributed by atoms with Gasteiger partial charge in [-0.3, -0.25) is 9.59 Å². The van der Waals surface area contributed by atoms with E-state index in [9.17, 15) is 9.59 Å². The van der Waals surface area contributed by atoms with Crippen molar-refractivity contribution in [3.8, 4) is 0 Å². The molecule has 0 unspecified atom stereocenters. The quantitative estimate of drug-likeness (QED) is 0.854. The molecule has 0 spiro atoms. The molecule has 1 N–H and O–H groups in total. The third-order valence-corrected chi connectivity index (χ3v) is 5.05. The van der Waals surface area contributed by atoms with Crippen LogP contribution in [0.15, 0.2) is 60.7 Å². The van der Waals surface area contributed by atoms with E-state index in [0.29, 0.717) is 25.1 Å². The van der Waals surface area contributed by atoms with Gasteiger partial charge in [-0.2, -0.15) is 0 Å². The Hall–Kier alpha value is -2.66. The molecule has 1 aliphatic heterocycles. The normalized spacial score (nSPS) is 16.0. The zero-order chi connectivity index (χ0) is 19.1. The van der Waals surface area contributed by atoms with Gasteiger partial charge >= 0.3 is 0 Å². The number of hydrogen-bond donors (Lipinski definition) is 1. The van der Waals surface area contributed by atoms with Crippen LogP contribution in [0.5, 0.6) is 0 Å². The van der Waals surface area contributed by atoms with E-state index in [1.165, 1.54) is 0 Å². The van der Waals surface area contributed by atoms with Gasteiger partial charge in [0.15, 0.2) is 0 Å². The molecule has 3 rings (SSSR count).